The number of amides is 2. The second-order valence-corrected chi connectivity index (χ2v) is 7.47. The quantitative estimate of drug-likeness (QED) is 0.526. The number of thioether (sulfide) groups is 1. The van der Waals surface area contributed by atoms with Gasteiger partial charge in [-0.25, -0.2) is 4.90 Å². The zero-order chi connectivity index (χ0) is 19.1. The van der Waals surface area contributed by atoms with Crippen molar-refractivity contribution in [1.29, 1.82) is 0 Å². The molecule has 5 nitrogen and oxygen atoms in total. The minimum Gasteiger partial charge on any atom is -0.462 e. The lowest BCUT2D eigenvalue weighted by Gasteiger charge is -2.11. The smallest absolute Gasteiger partial charge is 0.298 e. The Morgan fingerprint density at radius 2 is 1.78 bits per heavy atom. The minimum atomic E-state index is -0.500. The molecule has 0 saturated carbocycles. The van der Waals surface area contributed by atoms with E-state index >= 15 is 0 Å². The van der Waals surface area contributed by atoms with Crippen molar-refractivity contribution in [2.45, 2.75) is 0 Å². The zero-order valence-corrected chi connectivity index (χ0v) is 15.8. The van der Waals surface area contributed by atoms with Crippen LogP contribution in [0.2, 0.25) is 10.0 Å². The molecule has 4 rings (SSSR count). The molecule has 0 spiro atoms. The van der Waals surface area contributed by atoms with Crippen LogP contribution in [0.4, 0.5) is 10.5 Å². The first-order valence-electron chi connectivity index (χ1n) is 7.69. The van der Waals surface area contributed by atoms with Gasteiger partial charge in [-0.1, -0.05) is 41.4 Å². The second-order valence-electron chi connectivity index (χ2n) is 5.64. The van der Waals surface area contributed by atoms with Crippen LogP contribution in [0.1, 0.15) is 5.56 Å². The molecule has 1 fully saturated rings. The number of carbonyl (C=O) groups excluding carboxylic acids is 2. The average molecular weight is 418 g/mol. The molecule has 1 aromatic heterocycles. The van der Waals surface area contributed by atoms with E-state index in [1.165, 1.54) is 24.5 Å². The van der Waals surface area contributed by atoms with Crippen molar-refractivity contribution >= 4 is 68.8 Å². The van der Waals surface area contributed by atoms with Crippen molar-refractivity contribution in [3.8, 4) is 0 Å². The van der Waals surface area contributed by atoms with E-state index in [1.54, 1.807) is 30.3 Å². The number of nitrogens with zero attached hydrogens (tertiary/aromatic N) is 1. The number of imide groups is 1. The third kappa shape index (κ3) is 3.16. The van der Waals surface area contributed by atoms with Crippen LogP contribution in [-0.4, -0.2) is 11.1 Å². The highest BCUT2D eigenvalue weighted by molar-refractivity contribution is 8.19. The Morgan fingerprint density at radius 1 is 1.04 bits per heavy atom. The summed E-state index contributed by atoms with van der Waals surface area (Å²) < 4.78 is 5.44. The number of halogens is 2. The number of hydrogen-bond donors (Lipinski definition) is 0. The number of anilines is 1. The van der Waals surface area contributed by atoms with Crippen LogP contribution < -0.4 is 10.3 Å². The van der Waals surface area contributed by atoms with E-state index in [0.29, 0.717) is 10.7 Å². The molecule has 0 atom stereocenters. The molecule has 2 aromatic carbocycles. The van der Waals surface area contributed by atoms with Crippen LogP contribution in [0.15, 0.2) is 62.8 Å². The van der Waals surface area contributed by atoms with E-state index in [4.69, 9.17) is 27.6 Å². The summed E-state index contributed by atoms with van der Waals surface area (Å²) in [5.74, 6) is -0.500. The third-order valence-electron chi connectivity index (χ3n) is 3.91. The standard InChI is InChI=1S/C19H9Cl2NO4S/c20-11-7-13-16(23)10(9-26-17(13)14(21)8-11)6-15-18(24)22(19(25)27-15)12-4-2-1-3-5-12/h1-9H/b15-6+. The zero-order valence-electron chi connectivity index (χ0n) is 13.4. The van der Waals surface area contributed by atoms with Gasteiger partial charge in [0.05, 0.1) is 26.6 Å². The van der Waals surface area contributed by atoms with Gasteiger partial charge in [0.1, 0.15) is 6.26 Å². The van der Waals surface area contributed by atoms with Gasteiger partial charge >= 0.3 is 0 Å². The number of fused-ring (bicyclic) bond motifs is 1. The average Bonchev–Trinajstić information content (AvgIpc) is 2.92. The number of hydrogen-bond acceptors (Lipinski definition) is 5. The maximum Gasteiger partial charge on any atom is 0.298 e. The van der Waals surface area contributed by atoms with Crippen molar-refractivity contribution in [3.63, 3.8) is 0 Å². The van der Waals surface area contributed by atoms with Crippen molar-refractivity contribution in [1.82, 2.24) is 0 Å². The number of carbonyl (C=O) groups is 2. The lowest BCUT2D eigenvalue weighted by molar-refractivity contribution is -0.113. The Morgan fingerprint density at radius 3 is 2.52 bits per heavy atom. The molecule has 3 aromatic rings. The van der Waals surface area contributed by atoms with Crippen LogP contribution in [0, 0.1) is 0 Å². The van der Waals surface area contributed by atoms with Gasteiger partial charge in [-0.15, -0.1) is 0 Å². The highest BCUT2D eigenvalue weighted by Crippen LogP contribution is 2.35. The SMILES string of the molecule is O=C1S/C(=C/c2coc3c(Cl)cc(Cl)cc3c2=O)C(=O)N1c1ccccc1. The van der Waals surface area contributed by atoms with Gasteiger partial charge in [0, 0.05) is 5.02 Å². The molecule has 1 aliphatic heterocycles. The highest BCUT2D eigenvalue weighted by atomic mass is 35.5. The molecule has 2 amide bonds. The first kappa shape index (κ1) is 17.9. The van der Waals surface area contributed by atoms with Gasteiger partial charge in [0.2, 0.25) is 0 Å². The molecule has 134 valence electrons. The highest BCUT2D eigenvalue weighted by Gasteiger charge is 2.36. The maximum absolute atomic E-state index is 12.7. The molecule has 0 unspecified atom stereocenters. The van der Waals surface area contributed by atoms with Crippen LogP contribution in [0.5, 0.6) is 0 Å². The Balaban J connectivity index is 1.78. The van der Waals surface area contributed by atoms with Crippen molar-refractivity contribution < 1.29 is 14.0 Å². The van der Waals surface area contributed by atoms with Crippen LogP contribution in [0.3, 0.4) is 0 Å². The van der Waals surface area contributed by atoms with E-state index in [1.807, 2.05) is 0 Å². The summed E-state index contributed by atoms with van der Waals surface area (Å²) in [6.45, 7) is 0. The molecule has 1 aliphatic rings. The topological polar surface area (TPSA) is 67.6 Å². The molecule has 8 heteroatoms. The largest absolute Gasteiger partial charge is 0.462 e. The van der Waals surface area contributed by atoms with Gasteiger partial charge in [0.15, 0.2) is 11.0 Å². The summed E-state index contributed by atoms with van der Waals surface area (Å²) >= 11 is 12.8. The Bertz CT molecular complexity index is 1190. The third-order valence-corrected chi connectivity index (χ3v) is 5.28. The minimum absolute atomic E-state index is 0.124. The molecule has 0 N–H and O–H groups in total. The number of para-hydroxylation sites is 1. The summed E-state index contributed by atoms with van der Waals surface area (Å²) in [6.07, 6.45) is 2.55. The van der Waals surface area contributed by atoms with Gasteiger partial charge in [0.25, 0.3) is 11.1 Å². The summed E-state index contributed by atoms with van der Waals surface area (Å²) in [5, 5.41) is 0.268. The first-order valence-corrected chi connectivity index (χ1v) is 9.26. The van der Waals surface area contributed by atoms with Crippen LogP contribution in [-0.2, 0) is 4.79 Å². The van der Waals surface area contributed by atoms with E-state index in [9.17, 15) is 14.4 Å². The molecule has 0 aliphatic carbocycles. The summed E-state index contributed by atoms with van der Waals surface area (Å²) in [6, 6.07) is 11.5. The fourth-order valence-electron chi connectivity index (χ4n) is 2.69. The molecule has 2 heterocycles. The van der Waals surface area contributed by atoms with E-state index in [-0.39, 0.29) is 26.5 Å². The summed E-state index contributed by atoms with van der Waals surface area (Å²) in [5.41, 5.74) is 0.402. The van der Waals surface area contributed by atoms with Crippen LogP contribution in [0.25, 0.3) is 17.0 Å². The molecular formula is C19H9Cl2NO4S. The molecule has 27 heavy (non-hydrogen) atoms. The van der Waals surface area contributed by atoms with Crippen LogP contribution >= 0.6 is 35.0 Å². The summed E-state index contributed by atoms with van der Waals surface area (Å²) in [4.78, 5) is 38.8. The van der Waals surface area contributed by atoms with Gasteiger partial charge in [-0.3, -0.25) is 14.4 Å². The fourth-order valence-corrected chi connectivity index (χ4v) is 4.06. The summed E-state index contributed by atoms with van der Waals surface area (Å²) in [7, 11) is 0. The lowest BCUT2D eigenvalue weighted by Crippen LogP contribution is -2.27. The van der Waals surface area contributed by atoms with Crippen molar-refractivity contribution in [2.75, 3.05) is 4.90 Å². The molecule has 0 radical (unpaired) electrons. The normalized spacial score (nSPS) is 15.9. The van der Waals surface area contributed by atoms with Crippen molar-refractivity contribution in [3.05, 3.63) is 79.5 Å². The molecule has 1 saturated heterocycles. The number of rotatable bonds is 2. The van der Waals surface area contributed by atoms with E-state index in [2.05, 4.69) is 0 Å². The van der Waals surface area contributed by atoms with Gasteiger partial charge < -0.3 is 4.42 Å². The lowest BCUT2D eigenvalue weighted by atomic mass is 10.1. The monoisotopic (exact) mass is 417 g/mol. The molecule has 0 bridgehead atoms. The molecular weight excluding hydrogens is 409 g/mol. The fraction of sp³-hybridized carbons (Fsp3) is 0. The second kappa shape index (κ2) is 6.88. The number of benzene rings is 2. The van der Waals surface area contributed by atoms with Crippen molar-refractivity contribution in [2.24, 2.45) is 0 Å². The van der Waals surface area contributed by atoms with Gasteiger partial charge in [-0.05, 0) is 42.1 Å². The van der Waals surface area contributed by atoms with E-state index < -0.39 is 16.6 Å². The van der Waals surface area contributed by atoms with Gasteiger partial charge in [-0.2, -0.15) is 0 Å². The first-order chi connectivity index (χ1) is 13.0. The Kier molecular flexibility index (Phi) is 4.55. The van der Waals surface area contributed by atoms with E-state index in [0.717, 1.165) is 16.7 Å². The Labute approximate surface area is 167 Å². The maximum atomic E-state index is 12.7. The predicted octanol–water partition coefficient (Wildman–Crippen LogP) is 5.34. The Hall–Kier alpha value is -2.54. The predicted molar refractivity (Wildman–Crippen MR) is 107 cm³/mol.